The van der Waals surface area contributed by atoms with Crippen LogP contribution < -0.4 is 15.8 Å². The Morgan fingerprint density at radius 3 is 2.52 bits per heavy atom. The van der Waals surface area contributed by atoms with Crippen LogP contribution in [-0.2, 0) is 22.6 Å². The molecule has 0 radical (unpaired) electrons. The molecule has 0 fully saturated rings. The highest BCUT2D eigenvalue weighted by Gasteiger charge is 2.48. The van der Waals surface area contributed by atoms with E-state index in [0.29, 0.717) is 43.6 Å². The van der Waals surface area contributed by atoms with Gasteiger partial charge in [-0.2, -0.15) is 0 Å². The Morgan fingerprint density at radius 2 is 1.88 bits per heavy atom. The molecule has 3 atom stereocenters. The summed E-state index contributed by atoms with van der Waals surface area (Å²) in [4.78, 5) is 28.8. The highest BCUT2D eigenvalue weighted by Crippen LogP contribution is 2.44. The summed E-state index contributed by atoms with van der Waals surface area (Å²) in [5.74, 6) is -0.647. The first-order valence-corrected chi connectivity index (χ1v) is 14.5. The van der Waals surface area contributed by atoms with Crippen molar-refractivity contribution in [3.8, 4) is 11.5 Å². The third-order valence-electron chi connectivity index (χ3n) is 7.81. The van der Waals surface area contributed by atoms with Gasteiger partial charge in [-0.25, -0.2) is 0 Å². The van der Waals surface area contributed by atoms with E-state index in [0.717, 1.165) is 23.3 Å². The predicted octanol–water partition coefficient (Wildman–Crippen LogP) is 3.08. The molecule has 1 unspecified atom stereocenters. The van der Waals surface area contributed by atoms with Crippen LogP contribution in [-0.4, -0.2) is 71.5 Å². The van der Waals surface area contributed by atoms with Gasteiger partial charge in [-0.15, -0.1) is 0 Å². The first-order chi connectivity index (χ1) is 20.1. The summed E-state index contributed by atoms with van der Waals surface area (Å²) in [6.07, 6.45) is 4.12. The second-order valence-electron chi connectivity index (χ2n) is 11.0. The number of aliphatic hydroxyl groups is 2. The molecule has 6 N–H and O–H groups in total. The lowest BCUT2D eigenvalue weighted by Crippen LogP contribution is -2.51. The third-order valence-corrected chi connectivity index (χ3v) is 7.81. The van der Waals surface area contributed by atoms with E-state index in [9.17, 15) is 24.9 Å². The average Bonchev–Trinajstić information content (AvgIpc) is 2.98. The van der Waals surface area contributed by atoms with Crippen LogP contribution in [0.15, 0.2) is 71.8 Å². The van der Waals surface area contributed by atoms with Gasteiger partial charge in [-0.3, -0.25) is 9.59 Å². The average molecular weight is 580 g/mol. The molecule has 0 aliphatic heterocycles. The largest absolute Gasteiger partial charge is 0.508 e. The standard InChI is InChI=1S/C33H45N3O6/c1-4-13-36(14-6-15-37)31(40)26-16-23(2)19-33(20-26,32(34)41)29(18-24-9-11-27(38)12-10-24)30(39)22-35-21-25-7-5-8-28(17-25)42-3/h5,7-12,16-17,19,29-30,35,37-39H,4,6,13-15,18,20-22H2,1-3H3,(H2,34,41)/t29-,30+,33?/m1/s1. The summed E-state index contributed by atoms with van der Waals surface area (Å²) in [5, 5.41) is 34.1. The molecule has 0 bridgehead atoms. The minimum Gasteiger partial charge on any atom is -0.508 e. The van der Waals surface area contributed by atoms with Crippen LogP contribution in [0.5, 0.6) is 11.5 Å². The molecule has 0 heterocycles. The monoisotopic (exact) mass is 579 g/mol. The second kappa shape index (κ2) is 15.5. The molecular formula is C33H45N3O6. The molecule has 42 heavy (non-hydrogen) atoms. The number of aliphatic hydroxyl groups excluding tert-OH is 2. The van der Waals surface area contributed by atoms with E-state index in [1.807, 2.05) is 38.1 Å². The number of nitrogens with zero attached hydrogens (tertiary/aromatic N) is 1. The molecule has 2 aromatic carbocycles. The number of carbonyl (C=O) groups is 2. The van der Waals surface area contributed by atoms with Crippen molar-refractivity contribution in [2.45, 2.75) is 52.2 Å². The number of aromatic hydroxyl groups is 1. The SMILES string of the molecule is CCCN(CCCO)C(=O)C1=CC(C)=CC(C(N)=O)([C@H](Cc2ccc(O)cc2)[C@@H](O)CNCc2cccc(OC)c2)C1. The molecule has 0 aromatic heterocycles. The fourth-order valence-electron chi connectivity index (χ4n) is 5.74. The highest BCUT2D eigenvalue weighted by molar-refractivity contribution is 5.97. The normalized spacial score (nSPS) is 18.0. The maximum atomic E-state index is 13.7. The molecular weight excluding hydrogens is 534 g/mol. The van der Waals surface area contributed by atoms with E-state index in [2.05, 4.69) is 5.32 Å². The number of amides is 2. The zero-order valence-corrected chi connectivity index (χ0v) is 24.9. The van der Waals surface area contributed by atoms with Gasteiger partial charge in [0.15, 0.2) is 0 Å². The van der Waals surface area contributed by atoms with E-state index in [1.165, 1.54) is 0 Å². The lowest BCUT2D eigenvalue weighted by molar-refractivity contribution is -0.132. The second-order valence-corrected chi connectivity index (χ2v) is 11.0. The Balaban J connectivity index is 1.93. The molecule has 9 heteroatoms. The molecule has 228 valence electrons. The van der Waals surface area contributed by atoms with Gasteiger partial charge in [0.2, 0.25) is 11.8 Å². The van der Waals surface area contributed by atoms with Crippen molar-refractivity contribution in [2.75, 3.05) is 33.4 Å². The van der Waals surface area contributed by atoms with Gasteiger partial charge in [0.25, 0.3) is 0 Å². The molecule has 2 amide bonds. The Hall–Kier alpha value is -3.66. The Kier molecular flexibility index (Phi) is 12.2. The summed E-state index contributed by atoms with van der Waals surface area (Å²) in [7, 11) is 1.61. The van der Waals surface area contributed by atoms with Gasteiger partial charge in [0, 0.05) is 44.3 Å². The number of rotatable bonds is 16. The fourth-order valence-corrected chi connectivity index (χ4v) is 5.74. The number of hydrogen-bond acceptors (Lipinski definition) is 7. The number of allylic oxidation sites excluding steroid dienone is 2. The van der Waals surface area contributed by atoms with Crippen molar-refractivity contribution in [1.82, 2.24) is 10.2 Å². The van der Waals surface area contributed by atoms with Crippen molar-refractivity contribution in [2.24, 2.45) is 17.1 Å². The molecule has 2 aromatic rings. The lowest BCUT2D eigenvalue weighted by atomic mass is 9.63. The number of nitrogens with one attached hydrogen (secondary N) is 1. The zero-order valence-electron chi connectivity index (χ0n) is 24.9. The molecule has 0 saturated carbocycles. The first-order valence-electron chi connectivity index (χ1n) is 14.5. The number of hydrogen-bond donors (Lipinski definition) is 5. The number of methoxy groups -OCH3 is 1. The fraction of sp³-hybridized carbons (Fsp3) is 0.455. The number of carbonyl (C=O) groups excluding carboxylic acids is 2. The minimum atomic E-state index is -1.34. The maximum absolute atomic E-state index is 13.7. The maximum Gasteiger partial charge on any atom is 0.249 e. The van der Waals surface area contributed by atoms with Gasteiger partial charge in [-0.1, -0.05) is 48.9 Å². The van der Waals surface area contributed by atoms with Crippen LogP contribution in [0.4, 0.5) is 0 Å². The van der Waals surface area contributed by atoms with Crippen LogP contribution in [0, 0.1) is 11.3 Å². The lowest BCUT2D eigenvalue weighted by Gasteiger charge is -2.42. The van der Waals surface area contributed by atoms with Crippen LogP contribution in [0.2, 0.25) is 0 Å². The number of nitrogens with two attached hydrogens (primary N) is 1. The Labute approximate surface area is 248 Å². The van der Waals surface area contributed by atoms with Crippen molar-refractivity contribution < 1.29 is 29.6 Å². The van der Waals surface area contributed by atoms with Crippen molar-refractivity contribution in [3.05, 3.63) is 83.0 Å². The smallest absolute Gasteiger partial charge is 0.249 e. The number of benzene rings is 2. The van der Waals surface area contributed by atoms with Gasteiger partial charge in [0.05, 0.1) is 18.6 Å². The molecule has 3 rings (SSSR count). The summed E-state index contributed by atoms with van der Waals surface area (Å²) >= 11 is 0. The predicted molar refractivity (Wildman–Crippen MR) is 163 cm³/mol. The first kappa shape index (κ1) is 32.8. The Morgan fingerprint density at radius 1 is 1.14 bits per heavy atom. The minimum absolute atomic E-state index is 0.0274. The molecule has 0 saturated heterocycles. The van der Waals surface area contributed by atoms with E-state index < -0.39 is 23.3 Å². The van der Waals surface area contributed by atoms with E-state index in [4.69, 9.17) is 10.5 Å². The van der Waals surface area contributed by atoms with E-state index >= 15 is 0 Å². The number of phenolic OH excluding ortho intramolecular Hbond substituents is 1. The Bertz CT molecular complexity index is 1260. The van der Waals surface area contributed by atoms with Crippen molar-refractivity contribution in [1.29, 1.82) is 0 Å². The number of primary amides is 1. The van der Waals surface area contributed by atoms with E-state index in [-0.39, 0.29) is 31.2 Å². The summed E-state index contributed by atoms with van der Waals surface area (Å²) in [5.41, 5.74) is 7.77. The summed E-state index contributed by atoms with van der Waals surface area (Å²) < 4.78 is 5.31. The van der Waals surface area contributed by atoms with Crippen molar-refractivity contribution >= 4 is 11.8 Å². The van der Waals surface area contributed by atoms with Crippen LogP contribution in [0.25, 0.3) is 0 Å². The molecule has 0 spiro atoms. The molecule has 1 aliphatic carbocycles. The van der Waals surface area contributed by atoms with Gasteiger partial charge in [0.1, 0.15) is 11.5 Å². The number of phenols is 1. The van der Waals surface area contributed by atoms with Crippen LogP contribution >= 0.6 is 0 Å². The molecule has 9 nitrogen and oxygen atoms in total. The quantitative estimate of drug-likeness (QED) is 0.206. The summed E-state index contributed by atoms with van der Waals surface area (Å²) in [6, 6.07) is 14.3. The van der Waals surface area contributed by atoms with Crippen LogP contribution in [0.1, 0.15) is 44.2 Å². The number of ether oxygens (including phenoxy) is 1. The van der Waals surface area contributed by atoms with E-state index in [1.54, 1.807) is 48.4 Å². The zero-order chi connectivity index (χ0) is 30.7. The third kappa shape index (κ3) is 8.44. The summed E-state index contributed by atoms with van der Waals surface area (Å²) in [6.45, 7) is 5.35. The van der Waals surface area contributed by atoms with Crippen molar-refractivity contribution in [3.63, 3.8) is 0 Å². The molecule has 1 aliphatic rings. The highest BCUT2D eigenvalue weighted by atomic mass is 16.5. The topological polar surface area (TPSA) is 145 Å². The van der Waals surface area contributed by atoms with Crippen LogP contribution in [0.3, 0.4) is 0 Å². The van der Waals surface area contributed by atoms with Gasteiger partial charge in [-0.05, 0) is 68.0 Å². The van der Waals surface area contributed by atoms with Gasteiger partial charge >= 0.3 is 0 Å². The van der Waals surface area contributed by atoms with Gasteiger partial charge < -0.3 is 36.0 Å².